The molecule has 272 valence electrons. The van der Waals surface area contributed by atoms with Crippen molar-refractivity contribution in [2.45, 2.75) is 33.8 Å². The van der Waals surface area contributed by atoms with Crippen LogP contribution in [-0.2, 0) is 31.3 Å². The van der Waals surface area contributed by atoms with E-state index in [4.69, 9.17) is 11.5 Å². The highest BCUT2D eigenvalue weighted by molar-refractivity contribution is 7.94. The Balaban J connectivity index is 0.000000198. The summed E-state index contributed by atoms with van der Waals surface area (Å²) in [5.74, 6) is 2.52. The van der Waals surface area contributed by atoms with Crippen LogP contribution in [-0.4, -0.2) is 87.3 Å². The molecule has 0 radical (unpaired) electrons. The number of sulfone groups is 1. The molecular weight excluding hydrogens is 704 g/mol. The predicted molar refractivity (Wildman–Crippen MR) is 192 cm³/mol. The van der Waals surface area contributed by atoms with Gasteiger partial charge in [0, 0.05) is 44.7 Å². The summed E-state index contributed by atoms with van der Waals surface area (Å²) in [5, 5.41) is 28.7. The van der Waals surface area contributed by atoms with Gasteiger partial charge in [-0.1, -0.05) is 30.8 Å². The summed E-state index contributed by atoms with van der Waals surface area (Å²) < 4.78 is 59.5. The third-order valence-corrected chi connectivity index (χ3v) is 10.9. The van der Waals surface area contributed by atoms with Crippen molar-refractivity contribution in [3.8, 4) is 0 Å². The Hall–Kier alpha value is -5.11. The summed E-state index contributed by atoms with van der Waals surface area (Å²) in [4.78, 5) is 19.8. The molecule has 0 bridgehead atoms. The van der Waals surface area contributed by atoms with Crippen LogP contribution in [0.1, 0.15) is 24.0 Å². The van der Waals surface area contributed by atoms with Crippen LogP contribution in [0.3, 0.4) is 0 Å². The molecule has 0 saturated carbocycles. The normalized spacial score (nSPS) is 20.4. The minimum atomic E-state index is -4.83. The van der Waals surface area contributed by atoms with Gasteiger partial charge in [-0.05, 0) is 48.2 Å². The van der Waals surface area contributed by atoms with Crippen LogP contribution in [0, 0.1) is 0 Å². The van der Waals surface area contributed by atoms with Crippen LogP contribution in [0.25, 0.3) is 0 Å². The van der Waals surface area contributed by atoms with Crippen LogP contribution >= 0.6 is 0 Å². The molecule has 0 spiro atoms. The molecule has 8 N–H and O–H groups in total. The Morgan fingerprint density at radius 1 is 0.765 bits per heavy atom. The lowest BCUT2D eigenvalue weighted by Crippen LogP contribution is -2.31. The second kappa shape index (κ2) is 14.3. The molecule has 16 nitrogen and oxygen atoms in total. The summed E-state index contributed by atoms with van der Waals surface area (Å²) in [5.41, 5.74) is 9.80. The number of nitrogens with zero attached hydrogens (tertiary/aromatic N) is 6. The number of aromatic nitrogens is 4. The zero-order chi connectivity index (χ0) is 37.2. The van der Waals surface area contributed by atoms with E-state index in [0.717, 1.165) is 17.5 Å². The molecule has 2 aromatic carbocycles. The molecule has 2 aliphatic rings. The summed E-state index contributed by atoms with van der Waals surface area (Å²) in [6, 6.07) is 15.1. The standard InChI is InChI=1S/C17H21N5O3S.C15H18FN5O3S/c1-3-26(24,25)13-6-4-5-12(9-13)17(23)7-8-22(11-17)15-10-14(19-2)20-16(18)21-15;1-18-12-8-13(20-14(17)19-12)21-6-5-15(22,9-21)10-3-2-4-11(7-10)25(16,23)24/h3-6,9-10,23H,1,7-8,11H2,2H3,(H3,18,19,20,21);2-4,7-8,22H,5-6,9H2,1H3,(H3,17,18,19,20). The topological polar surface area (TPSA) is 243 Å². The number of halogens is 1. The van der Waals surface area contributed by atoms with Gasteiger partial charge in [-0.15, -0.1) is 3.89 Å². The maximum atomic E-state index is 13.2. The average molecular weight is 743 g/mol. The molecule has 51 heavy (non-hydrogen) atoms. The molecule has 4 heterocycles. The van der Waals surface area contributed by atoms with Gasteiger partial charge in [0.25, 0.3) is 0 Å². The minimum absolute atomic E-state index is 0.0998. The molecule has 2 atom stereocenters. The minimum Gasteiger partial charge on any atom is -0.383 e. The number of nitrogen functional groups attached to an aromatic ring is 2. The SMILES string of the molecule is C=CS(=O)(=O)c1cccc(C2(O)CCN(c3cc(NC)nc(N)n3)C2)c1.CNc1cc(N2CCC(O)(c3cccc(S(=O)(=O)F)c3)C2)nc(N)n1. The number of nitrogens with two attached hydrogens (primary N) is 2. The zero-order valence-electron chi connectivity index (χ0n) is 27.9. The average Bonchev–Trinajstić information content (AvgIpc) is 3.72. The fourth-order valence-electron chi connectivity index (χ4n) is 5.93. The number of hydrogen-bond acceptors (Lipinski definition) is 16. The summed E-state index contributed by atoms with van der Waals surface area (Å²) >= 11 is 0. The lowest BCUT2D eigenvalue weighted by Gasteiger charge is -2.25. The fourth-order valence-corrected chi connectivity index (χ4v) is 7.19. The third-order valence-electron chi connectivity index (χ3n) is 8.69. The Morgan fingerprint density at radius 2 is 1.20 bits per heavy atom. The van der Waals surface area contributed by atoms with Gasteiger partial charge < -0.3 is 42.1 Å². The van der Waals surface area contributed by atoms with Gasteiger partial charge in [-0.3, -0.25) is 0 Å². The fraction of sp³-hybridized carbons (Fsp3) is 0.312. The number of anilines is 6. The van der Waals surface area contributed by atoms with E-state index in [1.165, 1.54) is 18.2 Å². The number of rotatable bonds is 9. The van der Waals surface area contributed by atoms with Crippen LogP contribution in [0.15, 0.2) is 82.4 Å². The van der Waals surface area contributed by atoms with Gasteiger partial charge in [-0.25, -0.2) is 8.42 Å². The maximum absolute atomic E-state index is 13.2. The van der Waals surface area contributed by atoms with Crippen molar-refractivity contribution < 1.29 is 30.9 Å². The van der Waals surface area contributed by atoms with Crippen molar-refractivity contribution in [2.75, 3.05) is 72.2 Å². The Bertz CT molecular complexity index is 2160. The second-order valence-electron chi connectivity index (χ2n) is 12.1. The highest BCUT2D eigenvalue weighted by atomic mass is 32.3. The van der Waals surface area contributed by atoms with Gasteiger partial charge in [0.15, 0.2) is 9.84 Å². The van der Waals surface area contributed by atoms with E-state index in [-0.39, 0.29) is 29.9 Å². The van der Waals surface area contributed by atoms with Gasteiger partial charge in [0.1, 0.15) is 34.5 Å². The molecule has 4 aromatic rings. The molecule has 2 unspecified atom stereocenters. The van der Waals surface area contributed by atoms with Crippen LogP contribution < -0.4 is 31.9 Å². The quantitative estimate of drug-likeness (QED) is 0.134. The monoisotopic (exact) mass is 742 g/mol. The number of β-amino-alcohol motifs (C(OH)–C–C–N with tert-alkyl or cyclic N) is 2. The Kier molecular flexibility index (Phi) is 10.4. The zero-order valence-corrected chi connectivity index (χ0v) is 29.5. The first-order valence-electron chi connectivity index (χ1n) is 15.6. The van der Waals surface area contributed by atoms with E-state index in [2.05, 4.69) is 37.1 Å². The molecule has 19 heteroatoms. The first kappa shape index (κ1) is 37.2. The van der Waals surface area contributed by atoms with E-state index in [9.17, 15) is 30.9 Å². The molecule has 2 saturated heterocycles. The van der Waals surface area contributed by atoms with E-state index >= 15 is 0 Å². The molecule has 0 amide bonds. The summed E-state index contributed by atoms with van der Waals surface area (Å²) in [6.07, 6.45) is 0.769. The highest BCUT2D eigenvalue weighted by Crippen LogP contribution is 2.37. The van der Waals surface area contributed by atoms with E-state index < -0.39 is 36.2 Å². The van der Waals surface area contributed by atoms with Gasteiger partial charge in [0.2, 0.25) is 11.9 Å². The van der Waals surface area contributed by atoms with Gasteiger partial charge >= 0.3 is 10.2 Å². The van der Waals surface area contributed by atoms with Crippen molar-refractivity contribution >= 4 is 55.2 Å². The molecule has 0 aliphatic carbocycles. The second-order valence-corrected chi connectivity index (χ2v) is 15.3. The molecule has 2 aromatic heterocycles. The van der Waals surface area contributed by atoms with Crippen molar-refractivity contribution in [3.63, 3.8) is 0 Å². The first-order chi connectivity index (χ1) is 24.0. The van der Waals surface area contributed by atoms with E-state index in [1.54, 1.807) is 44.4 Å². The van der Waals surface area contributed by atoms with Gasteiger partial charge in [0.05, 0.1) is 22.9 Å². The number of aliphatic hydroxyl groups is 2. The van der Waals surface area contributed by atoms with Crippen molar-refractivity contribution in [2.24, 2.45) is 0 Å². The lowest BCUT2D eigenvalue weighted by atomic mass is 9.93. The number of hydrogen-bond donors (Lipinski definition) is 6. The molecular formula is C32H39FN10O6S2. The highest BCUT2D eigenvalue weighted by Gasteiger charge is 2.40. The van der Waals surface area contributed by atoms with E-state index in [1.807, 2.05) is 9.80 Å². The lowest BCUT2D eigenvalue weighted by molar-refractivity contribution is 0.0600. The van der Waals surface area contributed by atoms with E-state index in [0.29, 0.717) is 60.3 Å². The van der Waals surface area contributed by atoms with Crippen molar-refractivity contribution in [1.29, 1.82) is 0 Å². The van der Waals surface area contributed by atoms with Gasteiger partial charge in [-0.2, -0.15) is 28.4 Å². The first-order valence-corrected chi connectivity index (χ1v) is 18.5. The molecule has 6 rings (SSSR count). The largest absolute Gasteiger partial charge is 0.383 e. The van der Waals surface area contributed by atoms with Crippen LogP contribution in [0.2, 0.25) is 0 Å². The predicted octanol–water partition coefficient (Wildman–Crippen LogP) is 1.97. The molecule has 2 fully saturated rings. The number of nitrogens with one attached hydrogen (secondary N) is 2. The van der Waals surface area contributed by atoms with Crippen molar-refractivity contribution in [1.82, 2.24) is 19.9 Å². The molecule has 2 aliphatic heterocycles. The Morgan fingerprint density at radius 3 is 1.61 bits per heavy atom. The Labute approximate surface area is 295 Å². The third kappa shape index (κ3) is 8.28. The summed E-state index contributed by atoms with van der Waals surface area (Å²) in [6.45, 7) is 4.80. The number of benzene rings is 2. The summed E-state index contributed by atoms with van der Waals surface area (Å²) in [7, 11) is -4.96. The maximum Gasteiger partial charge on any atom is 0.332 e. The van der Waals surface area contributed by atoms with Crippen LogP contribution in [0.4, 0.5) is 39.1 Å². The van der Waals surface area contributed by atoms with Crippen molar-refractivity contribution in [3.05, 3.63) is 83.8 Å². The van der Waals surface area contributed by atoms with Crippen LogP contribution in [0.5, 0.6) is 0 Å². The smallest absolute Gasteiger partial charge is 0.332 e.